The average molecular weight is 221 g/mol. The Morgan fingerprint density at radius 3 is 2.69 bits per heavy atom. The molecule has 2 rings (SSSR count). The second-order valence-electron chi connectivity index (χ2n) is 4.67. The molecule has 1 aromatic heterocycles. The number of hydrogen-bond acceptors (Lipinski definition) is 4. The fourth-order valence-corrected chi connectivity index (χ4v) is 1.98. The molecule has 1 aliphatic rings. The Morgan fingerprint density at radius 2 is 2.06 bits per heavy atom. The van der Waals surface area contributed by atoms with Crippen molar-refractivity contribution in [2.75, 3.05) is 30.4 Å². The van der Waals surface area contributed by atoms with Gasteiger partial charge in [0, 0.05) is 20.1 Å². The first-order valence-electron chi connectivity index (χ1n) is 5.71. The molecule has 2 heterocycles. The molecule has 1 aliphatic heterocycles. The minimum Gasteiger partial charge on any atom is -0.390 e. The van der Waals surface area contributed by atoms with Gasteiger partial charge in [-0.25, -0.2) is 0 Å². The van der Waals surface area contributed by atoms with E-state index in [1.54, 1.807) is 0 Å². The second kappa shape index (κ2) is 4.29. The fourth-order valence-electron chi connectivity index (χ4n) is 1.98. The Labute approximate surface area is 96.3 Å². The number of pyridine rings is 1. The van der Waals surface area contributed by atoms with Crippen LogP contribution in [0.5, 0.6) is 0 Å². The summed E-state index contributed by atoms with van der Waals surface area (Å²) in [7, 11) is 1.89. The summed E-state index contributed by atoms with van der Waals surface area (Å²) in [4.78, 5) is 6.47. The summed E-state index contributed by atoms with van der Waals surface area (Å²) in [5.74, 6) is 0. The summed E-state index contributed by atoms with van der Waals surface area (Å²) < 4.78 is 0. The third kappa shape index (κ3) is 2.44. The van der Waals surface area contributed by atoms with Crippen LogP contribution in [0.3, 0.4) is 0 Å². The molecule has 1 fully saturated rings. The third-order valence-electron chi connectivity index (χ3n) is 3.22. The van der Waals surface area contributed by atoms with E-state index in [0.29, 0.717) is 0 Å². The molecular weight excluding hydrogens is 202 g/mol. The van der Waals surface area contributed by atoms with Crippen LogP contribution in [0.15, 0.2) is 18.5 Å². The molecule has 1 saturated heterocycles. The Hall–Kier alpha value is -1.29. The Balaban J connectivity index is 2.08. The summed E-state index contributed by atoms with van der Waals surface area (Å²) in [6.45, 7) is 3.69. The molecule has 0 aliphatic carbocycles. The molecular formula is C12H19N3O. The molecule has 4 nitrogen and oxygen atoms in total. The van der Waals surface area contributed by atoms with Crippen LogP contribution in [0.2, 0.25) is 0 Å². The van der Waals surface area contributed by atoms with Gasteiger partial charge in [-0.15, -0.1) is 0 Å². The highest BCUT2D eigenvalue weighted by molar-refractivity contribution is 5.55. The highest BCUT2D eigenvalue weighted by Crippen LogP contribution is 2.26. The first-order valence-corrected chi connectivity index (χ1v) is 5.71. The summed E-state index contributed by atoms with van der Waals surface area (Å²) in [6.07, 6.45) is 5.32. The highest BCUT2D eigenvalue weighted by Gasteiger charge is 2.27. The van der Waals surface area contributed by atoms with Gasteiger partial charge in [-0.3, -0.25) is 4.98 Å². The number of rotatable bonds is 2. The lowest BCUT2D eigenvalue weighted by molar-refractivity contribution is 0.0351. The van der Waals surface area contributed by atoms with Crippen molar-refractivity contribution in [3.8, 4) is 0 Å². The molecule has 88 valence electrons. The molecule has 4 heteroatoms. The van der Waals surface area contributed by atoms with Crippen molar-refractivity contribution in [3.05, 3.63) is 18.5 Å². The van der Waals surface area contributed by atoms with Crippen molar-refractivity contribution < 1.29 is 5.11 Å². The number of hydrogen-bond donors (Lipinski definition) is 2. The predicted molar refractivity (Wildman–Crippen MR) is 65.9 cm³/mol. The minimum absolute atomic E-state index is 0.495. The Bertz CT molecular complexity index is 355. The summed E-state index contributed by atoms with van der Waals surface area (Å²) in [5, 5.41) is 13.0. The van der Waals surface area contributed by atoms with Gasteiger partial charge in [0.05, 0.1) is 29.4 Å². The van der Waals surface area contributed by atoms with Gasteiger partial charge in [0.1, 0.15) is 0 Å². The number of nitrogens with zero attached hydrogens (tertiary/aromatic N) is 2. The topological polar surface area (TPSA) is 48.4 Å². The van der Waals surface area contributed by atoms with Crippen molar-refractivity contribution in [1.82, 2.24) is 4.98 Å². The SMILES string of the molecule is CNc1cncc(N2CCC(C)(O)CC2)c1. The molecule has 0 radical (unpaired) electrons. The largest absolute Gasteiger partial charge is 0.390 e. The average Bonchev–Trinajstić information content (AvgIpc) is 2.29. The lowest BCUT2D eigenvalue weighted by atomic mass is 9.93. The smallest absolute Gasteiger partial charge is 0.0653 e. The quantitative estimate of drug-likeness (QED) is 0.794. The van der Waals surface area contributed by atoms with Gasteiger partial charge in [-0.2, -0.15) is 0 Å². The van der Waals surface area contributed by atoms with E-state index in [0.717, 1.165) is 37.3 Å². The van der Waals surface area contributed by atoms with Crippen LogP contribution in [0.4, 0.5) is 11.4 Å². The van der Waals surface area contributed by atoms with Crippen molar-refractivity contribution in [3.63, 3.8) is 0 Å². The van der Waals surface area contributed by atoms with Crippen molar-refractivity contribution >= 4 is 11.4 Å². The van der Waals surface area contributed by atoms with Gasteiger partial charge in [-0.05, 0) is 25.8 Å². The normalized spacial score (nSPS) is 19.6. The summed E-state index contributed by atoms with van der Waals surface area (Å²) in [5.41, 5.74) is 1.65. The highest BCUT2D eigenvalue weighted by atomic mass is 16.3. The van der Waals surface area contributed by atoms with Gasteiger partial charge in [0.15, 0.2) is 0 Å². The van der Waals surface area contributed by atoms with Gasteiger partial charge >= 0.3 is 0 Å². The number of nitrogens with one attached hydrogen (secondary N) is 1. The molecule has 0 amide bonds. The maximum atomic E-state index is 9.89. The van der Waals surface area contributed by atoms with Gasteiger partial charge in [-0.1, -0.05) is 0 Å². The monoisotopic (exact) mass is 221 g/mol. The predicted octanol–water partition coefficient (Wildman–Crippen LogP) is 1.47. The van der Waals surface area contributed by atoms with E-state index in [-0.39, 0.29) is 0 Å². The van der Waals surface area contributed by atoms with E-state index in [4.69, 9.17) is 0 Å². The van der Waals surface area contributed by atoms with E-state index in [1.807, 2.05) is 26.4 Å². The standard InChI is InChI=1S/C12H19N3O/c1-12(16)3-5-15(6-4-12)11-7-10(13-2)8-14-9-11/h7-9,13,16H,3-6H2,1-2H3. The first kappa shape index (κ1) is 11.2. The molecule has 16 heavy (non-hydrogen) atoms. The van der Waals surface area contributed by atoms with E-state index in [9.17, 15) is 5.11 Å². The van der Waals surface area contributed by atoms with Crippen molar-refractivity contribution in [2.45, 2.75) is 25.4 Å². The van der Waals surface area contributed by atoms with E-state index < -0.39 is 5.60 Å². The lowest BCUT2D eigenvalue weighted by Crippen LogP contribution is -2.42. The molecule has 0 saturated carbocycles. The number of anilines is 2. The number of piperidine rings is 1. The van der Waals surface area contributed by atoms with Crippen molar-refractivity contribution in [2.24, 2.45) is 0 Å². The number of aromatic nitrogens is 1. The third-order valence-corrected chi connectivity index (χ3v) is 3.22. The fraction of sp³-hybridized carbons (Fsp3) is 0.583. The van der Waals surface area contributed by atoms with Crippen molar-refractivity contribution in [1.29, 1.82) is 0 Å². The Morgan fingerprint density at radius 1 is 1.38 bits per heavy atom. The molecule has 2 N–H and O–H groups in total. The van der Waals surface area contributed by atoms with Gasteiger partial charge in [0.2, 0.25) is 0 Å². The summed E-state index contributed by atoms with van der Waals surface area (Å²) in [6, 6.07) is 2.09. The lowest BCUT2D eigenvalue weighted by Gasteiger charge is -2.37. The van der Waals surface area contributed by atoms with E-state index in [1.165, 1.54) is 0 Å². The molecule has 0 atom stereocenters. The van der Waals surface area contributed by atoms with Gasteiger partial charge < -0.3 is 15.3 Å². The molecule has 0 aromatic carbocycles. The zero-order valence-corrected chi connectivity index (χ0v) is 9.90. The van der Waals surface area contributed by atoms with Crippen LogP contribution in [-0.4, -0.2) is 35.8 Å². The Kier molecular flexibility index (Phi) is 3.01. The summed E-state index contributed by atoms with van der Waals surface area (Å²) >= 11 is 0. The zero-order chi connectivity index (χ0) is 11.6. The van der Waals surface area contributed by atoms with Crippen LogP contribution in [0.25, 0.3) is 0 Å². The molecule has 0 spiro atoms. The van der Waals surface area contributed by atoms with Crippen LogP contribution in [-0.2, 0) is 0 Å². The van der Waals surface area contributed by atoms with Crippen LogP contribution in [0, 0.1) is 0 Å². The maximum absolute atomic E-state index is 9.89. The molecule has 1 aromatic rings. The van der Waals surface area contributed by atoms with Crippen LogP contribution >= 0.6 is 0 Å². The van der Waals surface area contributed by atoms with Gasteiger partial charge in [0.25, 0.3) is 0 Å². The van der Waals surface area contributed by atoms with E-state index >= 15 is 0 Å². The minimum atomic E-state index is -0.495. The number of aliphatic hydroxyl groups is 1. The first-order chi connectivity index (χ1) is 7.61. The maximum Gasteiger partial charge on any atom is 0.0653 e. The van der Waals surface area contributed by atoms with Crippen LogP contribution in [0.1, 0.15) is 19.8 Å². The molecule has 0 unspecified atom stereocenters. The zero-order valence-electron chi connectivity index (χ0n) is 9.90. The van der Waals surface area contributed by atoms with E-state index in [2.05, 4.69) is 21.3 Å². The second-order valence-corrected chi connectivity index (χ2v) is 4.67. The van der Waals surface area contributed by atoms with Crippen LogP contribution < -0.4 is 10.2 Å². The molecule has 0 bridgehead atoms.